The predicted molar refractivity (Wildman–Crippen MR) is 83.5 cm³/mol. The third-order valence-electron chi connectivity index (χ3n) is 5.17. The Balaban J connectivity index is 1.58. The minimum absolute atomic E-state index is 0.960. The molecule has 0 spiro atoms. The minimum atomic E-state index is 0.960. The Bertz CT molecular complexity index is 217. The zero-order valence-corrected chi connectivity index (χ0v) is 13.0. The third kappa shape index (κ3) is 5.83. The predicted octanol–water partition coefficient (Wildman–Crippen LogP) is 3.67. The van der Waals surface area contributed by atoms with Crippen molar-refractivity contribution >= 4 is 0 Å². The summed E-state index contributed by atoms with van der Waals surface area (Å²) in [4.78, 5) is 2.71. The molecule has 112 valence electrons. The van der Waals surface area contributed by atoms with Crippen LogP contribution >= 0.6 is 0 Å². The molecule has 2 fully saturated rings. The second-order valence-electron chi connectivity index (χ2n) is 6.75. The highest BCUT2D eigenvalue weighted by Crippen LogP contribution is 2.24. The van der Waals surface area contributed by atoms with Crippen molar-refractivity contribution in [1.29, 1.82) is 0 Å². The van der Waals surface area contributed by atoms with Crippen molar-refractivity contribution in [3.63, 3.8) is 0 Å². The fourth-order valence-corrected chi connectivity index (χ4v) is 3.89. The summed E-state index contributed by atoms with van der Waals surface area (Å²) in [7, 11) is 0. The van der Waals surface area contributed by atoms with Gasteiger partial charge in [-0.1, -0.05) is 26.2 Å². The van der Waals surface area contributed by atoms with E-state index in [1.54, 1.807) is 0 Å². The maximum absolute atomic E-state index is 3.54. The van der Waals surface area contributed by atoms with Gasteiger partial charge in [-0.05, 0) is 76.5 Å². The van der Waals surface area contributed by atoms with Crippen molar-refractivity contribution in [2.45, 2.75) is 64.7 Å². The van der Waals surface area contributed by atoms with E-state index in [0.717, 1.165) is 11.8 Å². The Morgan fingerprint density at radius 3 is 2.47 bits per heavy atom. The molecule has 0 bridgehead atoms. The fourth-order valence-electron chi connectivity index (χ4n) is 3.89. The van der Waals surface area contributed by atoms with Gasteiger partial charge < -0.3 is 10.2 Å². The second-order valence-corrected chi connectivity index (χ2v) is 6.75. The Kier molecular flexibility index (Phi) is 7.23. The standard InChI is InChI=1S/C17H34N2/c1-2-19(15-17-8-4-3-5-9-17)13-7-11-16-10-6-12-18-14-16/h16-18H,2-15H2,1H3. The van der Waals surface area contributed by atoms with Crippen LogP contribution in [0.2, 0.25) is 0 Å². The molecule has 0 amide bonds. The van der Waals surface area contributed by atoms with Crippen LogP contribution in [0.25, 0.3) is 0 Å². The maximum atomic E-state index is 3.54. The lowest BCUT2D eigenvalue weighted by Crippen LogP contribution is -2.33. The van der Waals surface area contributed by atoms with Gasteiger partial charge >= 0.3 is 0 Å². The Labute approximate surface area is 120 Å². The second kappa shape index (κ2) is 8.97. The highest BCUT2D eigenvalue weighted by atomic mass is 15.1. The van der Waals surface area contributed by atoms with Crippen LogP contribution in [0.15, 0.2) is 0 Å². The van der Waals surface area contributed by atoms with Crippen LogP contribution in [-0.4, -0.2) is 37.6 Å². The Hall–Kier alpha value is -0.0800. The molecule has 0 aromatic carbocycles. The fraction of sp³-hybridized carbons (Fsp3) is 1.00. The molecule has 0 aromatic rings. The van der Waals surface area contributed by atoms with E-state index in [1.165, 1.54) is 90.5 Å². The number of hydrogen-bond donors (Lipinski definition) is 1. The first kappa shape index (κ1) is 15.3. The number of rotatable bonds is 7. The first-order valence-electron chi connectivity index (χ1n) is 8.81. The van der Waals surface area contributed by atoms with Crippen molar-refractivity contribution < 1.29 is 0 Å². The largest absolute Gasteiger partial charge is 0.316 e. The van der Waals surface area contributed by atoms with Crippen LogP contribution in [0.5, 0.6) is 0 Å². The zero-order chi connectivity index (χ0) is 13.3. The number of nitrogens with zero attached hydrogens (tertiary/aromatic N) is 1. The van der Waals surface area contributed by atoms with Gasteiger partial charge in [0, 0.05) is 6.54 Å². The Morgan fingerprint density at radius 1 is 1.00 bits per heavy atom. The van der Waals surface area contributed by atoms with Crippen molar-refractivity contribution in [3.8, 4) is 0 Å². The smallest absolute Gasteiger partial charge is 0.000954 e. The molecule has 1 heterocycles. The van der Waals surface area contributed by atoms with Crippen LogP contribution in [0, 0.1) is 11.8 Å². The zero-order valence-electron chi connectivity index (χ0n) is 13.0. The molecular weight excluding hydrogens is 232 g/mol. The van der Waals surface area contributed by atoms with Gasteiger partial charge in [-0.2, -0.15) is 0 Å². The lowest BCUT2D eigenvalue weighted by molar-refractivity contribution is 0.200. The highest BCUT2D eigenvalue weighted by molar-refractivity contribution is 4.72. The molecule has 1 saturated heterocycles. The molecule has 2 aliphatic rings. The normalized spacial score (nSPS) is 25.9. The van der Waals surface area contributed by atoms with Crippen LogP contribution in [0.4, 0.5) is 0 Å². The van der Waals surface area contributed by atoms with Gasteiger partial charge in [0.1, 0.15) is 0 Å². The van der Waals surface area contributed by atoms with E-state index < -0.39 is 0 Å². The molecule has 1 saturated carbocycles. The molecule has 0 radical (unpaired) electrons. The van der Waals surface area contributed by atoms with Crippen molar-refractivity contribution in [2.75, 3.05) is 32.7 Å². The van der Waals surface area contributed by atoms with Crippen molar-refractivity contribution in [2.24, 2.45) is 11.8 Å². The number of hydrogen-bond acceptors (Lipinski definition) is 2. The first-order valence-corrected chi connectivity index (χ1v) is 8.81. The summed E-state index contributed by atoms with van der Waals surface area (Å²) in [5.41, 5.74) is 0. The van der Waals surface area contributed by atoms with Gasteiger partial charge in [0.05, 0.1) is 0 Å². The monoisotopic (exact) mass is 266 g/mol. The molecule has 2 rings (SSSR count). The third-order valence-corrected chi connectivity index (χ3v) is 5.17. The number of nitrogens with one attached hydrogen (secondary N) is 1. The summed E-state index contributed by atoms with van der Waals surface area (Å²) in [6, 6.07) is 0. The SMILES string of the molecule is CCN(CCCC1CCCNC1)CC1CCCCC1. The summed E-state index contributed by atoms with van der Waals surface area (Å²) < 4.78 is 0. The molecule has 2 heteroatoms. The Morgan fingerprint density at radius 2 is 1.79 bits per heavy atom. The molecule has 1 unspecified atom stereocenters. The first-order chi connectivity index (χ1) is 9.38. The van der Waals surface area contributed by atoms with Crippen LogP contribution in [0.3, 0.4) is 0 Å². The summed E-state index contributed by atoms with van der Waals surface area (Å²) in [5, 5.41) is 3.54. The average Bonchev–Trinajstić information content (AvgIpc) is 2.48. The van der Waals surface area contributed by atoms with E-state index in [2.05, 4.69) is 17.1 Å². The molecule has 19 heavy (non-hydrogen) atoms. The molecule has 1 N–H and O–H groups in total. The van der Waals surface area contributed by atoms with Gasteiger partial charge in [-0.15, -0.1) is 0 Å². The van der Waals surface area contributed by atoms with Crippen molar-refractivity contribution in [3.05, 3.63) is 0 Å². The van der Waals surface area contributed by atoms with E-state index in [1.807, 2.05) is 0 Å². The summed E-state index contributed by atoms with van der Waals surface area (Å²) in [5.74, 6) is 1.96. The molecule has 0 aromatic heterocycles. The van der Waals surface area contributed by atoms with Crippen molar-refractivity contribution in [1.82, 2.24) is 10.2 Å². The summed E-state index contributed by atoms with van der Waals surface area (Å²) in [6.07, 6.45) is 13.1. The van der Waals surface area contributed by atoms with E-state index in [-0.39, 0.29) is 0 Å². The van der Waals surface area contributed by atoms with Gasteiger partial charge in [0.2, 0.25) is 0 Å². The lowest BCUT2D eigenvalue weighted by atomic mass is 9.89. The molecule has 2 nitrogen and oxygen atoms in total. The lowest BCUT2D eigenvalue weighted by Gasteiger charge is -2.29. The van der Waals surface area contributed by atoms with E-state index in [0.29, 0.717) is 0 Å². The number of piperidine rings is 1. The van der Waals surface area contributed by atoms with E-state index >= 15 is 0 Å². The molecule has 1 aliphatic carbocycles. The van der Waals surface area contributed by atoms with Crippen LogP contribution in [-0.2, 0) is 0 Å². The topological polar surface area (TPSA) is 15.3 Å². The van der Waals surface area contributed by atoms with Gasteiger partial charge in [0.15, 0.2) is 0 Å². The minimum Gasteiger partial charge on any atom is -0.316 e. The highest BCUT2D eigenvalue weighted by Gasteiger charge is 2.17. The van der Waals surface area contributed by atoms with Crippen LogP contribution in [0.1, 0.15) is 64.7 Å². The summed E-state index contributed by atoms with van der Waals surface area (Å²) in [6.45, 7) is 8.82. The summed E-state index contributed by atoms with van der Waals surface area (Å²) >= 11 is 0. The van der Waals surface area contributed by atoms with Gasteiger partial charge in [-0.25, -0.2) is 0 Å². The van der Waals surface area contributed by atoms with E-state index in [4.69, 9.17) is 0 Å². The quantitative estimate of drug-likeness (QED) is 0.756. The van der Waals surface area contributed by atoms with Gasteiger partial charge in [-0.3, -0.25) is 0 Å². The van der Waals surface area contributed by atoms with Crippen LogP contribution < -0.4 is 5.32 Å². The molecular formula is C17H34N2. The maximum Gasteiger partial charge on any atom is 0.000954 e. The van der Waals surface area contributed by atoms with Gasteiger partial charge in [0.25, 0.3) is 0 Å². The van der Waals surface area contributed by atoms with E-state index in [9.17, 15) is 0 Å². The average molecular weight is 266 g/mol. The molecule has 1 aliphatic heterocycles. The molecule has 1 atom stereocenters.